The van der Waals surface area contributed by atoms with Gasteiger partial charge in [0, 0.05) is 36.6 Å². The van der Waals surface area contributed by atoms with Crippen molar-refractivity contribution in [1.82, 2.24) is 20.4 Å². The van der Waals surface area contributed by atoms with E-state index < -0.39 is 0 Å². The highest BCUT2D eigenvalue weighted by Gasteiger charge is 2.14. The molecular formula is C14H18N4OS. The zero-order chi connectivity index (χ0) is 13.8. The first-order valence-electron chi connectivity index (χ1n) is 6.75. The third kappa shape index (κ3) is 3.20. The molecule has 0 saturated carbocycles. The quantitative estimate of drug-likeness (QED) is 0.868. The summed E-state index contributed by atoms with van der Waals surface area (Å²) in [7, 11) is 0. The van der Waals surface area contributed by atoms with Crippen LogP contribution in [0.5, 0.6) is 0 Å². The van der Waals surface area contributed by atoms with Gasteiger partial charge >= 0.3 is 0 Å². The summed E-state index contributed by atoms with van der Waals surface area (Å²) in [5.41, 5.74) is 0.974. The van der Waals surface area contributed by atoms with Crippen molar-refractivity contribution in [3.8, 4) is 11.5 Å². The molecule has 1 fully saturated rings. The number of aromatic nitrogens is 2. The second-order valence-corrected chi connectivity index (χ2v) is 5.65. The van der Waals surface area contributed by atoms with Crippen LogP contribution in [-0.4, -0.2) is 47.5 Å². The number of rotatable bonds is 4. The van der Waals surface area contributed by atoms with Crippen LogP contribution in [0.1, 0.15) is 5.82 Å². The molecule has 1 N–H and O–H groups in total. The Labute approximate surface area is 122 Å². The smallest absolute Gasteiger partial charge is 0.257 e. The maximum absolute atomic E-state index is 5.36. The molecule has 2 heterocycles. The van der Waals surface area contributed by atoms with E-state index in [1.807, 2.05) is 12.1 Å². The number of thioether (sulfide) groups is 1. The SMILES string of the molecule is CSc1ccc(-c2nc(CN3CCNCC3)no2)cc1. The summed E-state index contributed by atoms with van der Waals surface area (Å²) in [6.07, 6.45) is 2.06. The Balaban J connectivity index is 1.68. The molecule has 0 atom stereocenters. The first-order chi connectivity index (χ1) is 9.85. The molecule has 1 aliphatic heterocycles. The summed E-state index contributed by atoms with van der Waals surface area (Å²) < 4.78 is 5.36. The van der Waals surface area contributed by atoms with Gasteiger partial charge in [-0.3, -0.25) is 4.90 Å². The minimum atomic E-state index is 0.600. The van der Waals surface area contributed by atoms with E-state index in [-0.39, 0.29) is 0 Å². The Morgan fingerprint density at radius 2 is 2.00 bits per heavy atom. The molecule has 6 heteroatoms. The Morgan fingerprint density at radius 1 is 1.25 bits per heavy atom. The Kier molecular flexibility index (Phi) is 4.34. The maximum atomic E-state index is 5.36. The van der Waals surface area contributed by atoms with E-state index in [1.54, 1.807) is 11.8 Å². The number of benzene rings is 1. The summed E-state index contributed by atoms with van der Waals surface area (Å²) in [4.78, 5) is 8.05. The topological polar surface area (TPSA) is 54.2 Å². The van der Waals surface area contributed by atoms with Crippen LogP contribution in [0.15, 0.2) is 33.7 Å². The molecular weight excluding hydrogens is 272 g/mol. The molecule has 5 nitrogen and oxygen atoms in total. The molecule has 0 unspecified atom stereocenters. The van der Waals surface area contributed by atoms with E-state index in [0.717, 1.165) is 44.1 Å². The molecule has 2 aromatic rings. The first kappa shape index (κ1) is 13.6. The zero-order valence-electron chi connectivity index (χ0n) is 11.5. The molecule has 3 rings (SSSR count). The van der Waals surface area contributed by atoms with E-state index in [9.17, 15) is 0 Å². The average Bonchev–Trinajstić information content (AvgIpc) is 2.97. The van der Waals surface area contributed by atoms with Crippen molar-refractivity contribution in [1.29, 1.82) is 0 Å². The number of piperazine rings is 1. The lowest BCUT2D eigenvalue weighted by atomic mass is 10.2. The van der Waals surface area contributed by atoms with Crippen molar-refractivity contribution in [2.45, 2.75) is 11.4 Å². The van der Waals surface area contributed by atoms with Crippen molar-refractivity contribution >= 4 is 11.8 Å². The third-order valence-corrected chi connectivity index (χ3v) is 4.12. The lowest BCUT2D eigenvalue weighted by Crippen LogP contribution is -2.43. The molecule has 1 aliphatic rings. The van der Waals surface area contributed by atoms with Gasteiger partial charge in [0.2, 0.25) is 0 Å². The lowest BCUT2D eigenvalue weighted by molar-refractivity contribution is 0.225. The number of hydrogen-bond acceptors (Lipinski definition) is 6. The van der Waals surface area contributed by atoms with Crippen LogP contribution in [0.2, 0.25) is 0 Å². The molecule has 106 valence electrons. The molecule has 1 aromatic carbocycles. The van der Waals surface area contributed by atoms with Gasteiger partial charge in [-0.2, -0.15) is 4.98 Å². The van der Waals surface area contributed by atoms with Crippen LogP contribution in [-0.2, 0) is 6.54 Å². The fraction of sp³-hybridized carbons (Fsp3) is 0.429. The Morgan fingerprint density at radius 3 is 2.70 bits per heavy atom. The molecule has 0 aliphatic carbocycles. The monoisotopic (exact) mass is 290 g/mol. The van der Waals surface area contributed by atoms with Gasteiger partial charge in [-0.15, -0.1) is 11.8 Å². The fourth-order valence-electron chi connectivity index (χ4n) is 2.24. The number of hydrogen-bond donors (Lipinski definition) is 1. The van der Waals surface area contributed by atoms with Gasteiger partial charge in [-0.05, 0) is 30.5 Å². The zero-order valence-corrected chi connectivity index (χ0v) is 12.3. The van der Waals surface area contributed by atoms with E-state index >= 15 is 0 Å². The first-order valence-corrected chi connectivity index (χ1v) is 7.98. The van der Waals surface area contributed by atoms with Crippen LogP contribution < -0.4 is 5.32 Å². The normalized spacial score (nSPS) is 16.4. The fourth-order valence-corrected chi connectivity index (χ4v) is 2.65. The van der Waals surface area contributed by atoms with E-state index in [0.29, 0.717) is 5.89 Å². The summed E-state index contributed by atoms with van der Waals surface area (Å²) in [6.45, 7) is 4.88. The maximum Gasteiger partial charge on any atom is 0.257 e. The van der Waals surface area contributed by atoms with Gasteiger partial charge in [0.1, 0.15) is 0 Å². The van der Waals surface area contributed by atoms with Crippen LogP contribution in [0.3, 0.4) is 0 Å². The van der Waals surface area contributed by atoms with E-state index in [1.165, 1.54) is 4.90 Å². The second-order valence-electron chi connectivity index (χ2n) is 4.77. The van der Waals surface area contributed by atoms with Gasteiger partial charge in [0.05, 0.1) is 6.54 Å². The van der Waals surface area contributed by atoms with Crippen molar-refractivity contribution in [2.75, 3.05) is 32.4 Å². The standard InChI is InChI=1S/C14H18N4OS/c1-20-12-4-2-11(3-5-12)14-16-13(17-19-14)10-18-8-6-15-7-9-18/h2-5,15H,6-10H2,1H3. The molecule has 0 spiro atoms. The van der Waals surface area contributed by atoms with Crippen molar-refractivity contribution < 1.29 is 4.52 Å². The molecule has 1 saturated heterocycles. The van der Waals surface area contributed by atoms with Crippen LogP contribution in [0, 0.1) is 0 Å². The highest BCUT2D eigenvalue weighted by atomic mass is 32.2. The predicted molar refractivity (Wildman–Crippen MR) is 79.7 cm³/mol. The van der Waals surface area contributed by atoms with Gasteiger partial charge < -0.3 is 9.84 Å². The van der Waals surface area contributed by atoms with Gasteiger partial charge in [-0.1, -0.05) is 5.16 Å². The lowest BCUT2D eigenvalue weighted by Gasteiger charge is -2.25. The van der Waals surface area contributed by atoms with Crippen molar-refractivity contribution in [2.24, 2.45) is 0 Å². The molecule has 0 bridgehead atoms. The van der Waals surface area contributed by atoms with E-state index in [2.05, 4.69) is 38.7 Å². The summed E-state index contributed by atoms with van der Waals surface area (Å²) in [5.74, 6) is 1.36. The minimum absolute atomic E-state index is 0.600. The minimum Gasteiger partial charge on any atom is -0.334 e. The molecule has 0 radical (unpaired) electrons. The summed E-state index contributed by atoms with van der Waals surface area (Å²) in [5, 5.41) is 7.41. The van der Waals surface area contributed by atoms with Crippen LogP contribution in [0.4, 0.5) is 0 Å². The van der Waals surface area contributed by atoms with Gasteiger partial charge in [0.25, 0.3) is 5.89 Å². The number of nitrogens with zero attached hydrogens (tertiary/aromatic N) is 3. The average molecular weight is 290 g/mol. The summed E-state index contributed by atoms with van der Waals surface area (Å²) in [6, 6.07) is 8.18. The third-order valence-electron chi connectivity index (χ3n) is 3.38. The van der Waals surface area contributed by atoms with Crippen LogP contribution in [0.25, 0.3) is 11.5 Å². The van der Waals surface area contributed by atoms with E-state index in [4.69, 9.17) is 4.52 Å². The molecule has 0 amide bonds. The number of nitrogens with one attached hydrogen (secondary N) is 1. The Hall–Kier alpha value is -1.37. The highest BCUT2D eigenvalue weighted by Crippen LogP contribution is 2.21. The highest BCUT2D eigenvalue weighted by molar-refractivity contribution is 7.98. The molecule has 20 heavy (non-hydrogen) atoms. The predicted octanol–water partition coefficient (Wildman–Crippen LogP) is 1.86. The largest absolute Gasteiger partial charge is 0.334 e. The van der Waals surface area contributed by atoms with Gasteiger partial charge in [-0.25, -0.2) is 0 Å². The van der Waals surface area contributed by atoms with Crippen molar-refractivity contribution in [3.63, 3.8) is 0 Å². The summed E-state index contributed by atoms with van der Waals surface area (Å²) >= 11 is 1.72. The van der Waals surface area contributed by atoms with Crippen molar-refractivity contribution in [3.05, 3.63) is 30.1 Å². The Bertz CT molecular complexity index is 549. The molecule has 1 aromatic heterocycles. The van der Waals surface area contributed by atoms with Gasteiger partial charge in [0.15, 0.2) is 5.82 Å². The van der Waals surface area contributed by atoms with Crippen LogP contribution >= 0.6 is 11.8 Å². The second kappa shape index (κ2) is 6.39.